The number of aliphatic hydroxyl groups excluding tert-OH is 1. The van der Waals surface area contributed by atoms with Crippen LogP contribution in [0.5, 0.6) is 0 Å². The van der Waals surface area contributed by atoms with Gasteiger partial charge in [0.15, 0.2) is 0 Å². The van der Waals surface area contributed by atoms with E-state index in [1.165, 1.54) is 0 Å². The van der Waals surface area contributed by atoms with Crippen LogP contribution in [0.2, 0.25) is 0 Å². The first kappa shape index (κ1) is 13.3. The van der Waals surface area contributed by atoms with Gasteiger partial charge in [-0.15, -0.1) is 0 Å². The van der Waals surface area contributed by atoms with Gasteiger partial charge in [0.2, 0.25) is 0 Å². The number of rotatable bonds is 3. The van der Waals surface area contributed by atoms with Crippen molar-refractivity contribution in [1.82, 2.24) is 4.98 Å². The molecule has 2 heterocycles. The Balaban J connectivity index is 2.26. The van der Waals surface area contributed by atoms with Crippen molar-refractivity contribution in [2.75, 3.05) is 24.6 Å². The fourth-order valence-electron chi connectivity index (χ4n) is 2.45. The molecular formula is C13H21N3O2. The average Bonchev–Trinajstić information content (AvgIpc) is 2.36. The highest BCUT2D eigenvalue weighted by Crippen LogP contribution is 2.27. The van der Waals surface area contributed by atoms with Crippen molar-refractivity contribution >= 4 is 5.69 Å². The fourth-order valence-corrected chi connectivity index (χ4v) is 2.45. The molecule has 0 bridgehead atoms. The maximum Gasteiger partial charge on any atom is 0.0988 e. The van der Waals surface area contributed by atoms with Gasteiger partial charge in [0.05, 0.1) is 30.2 Å². The largest absolute Gasteiger partial charge is 0.394 e. The molecule has 5 nitrogen and oxygen atoms in total. The summed E-state index contributed by atoms with van der Waals surface area (Å²) in [5.41, 5.74) is 7.58. The van der Waals surface area contributed by atoms with Gasteiger partial charge in [-0.2, -0.15) is 0 Å². The van der Waals surface area contributed by atoms with E-state index >= 15 is 0 Å². The Morgan fingerprint density at radius 3 is 3.06 bits per heavy atom. The van der Waals surface area contributed by atoms with Gasteiger partial charge in [-0.1, -0.05) is 0 Å². The quantitative estimate of drug-likeness (QED) is 0.819. The molecule has 0 saturated carbocycles. The number of hydrogen-bond acceptors (Lipinski definition) is 5. The second-order valence-corrected chi connectivity index (χ2v) is 5.27. The predicted octanol–water partition coefficient (Wildman–Crippen LogP) is 0.516. The Morgan fingerprint density at radius 1 is 1.61 bits per heavy atom. The molecule has 0 spiro atoms. The summed E-state index contributed by atoms with van der Waals surface area (Å²) in [4.78, 5) is 6.36. The molecule has 1 aliphatic rings. The van der Waals surface area contributed by atoms with Crippen molar-refractivity contribution in [3.8, 4) is 0 Å². The highest BCUT2D eigenvalue weighted by atomic mass is 16.5. The Kier molecular flexibility index (Phi) is 3.85. The number of anilines is 1. The zero-order valence-corrected chi connectivity index (χ0v) is 11.0. The van der Waals surface area contributed by atoms with Crippen molar-refractivity contribution in [2.45, 2.75) is 32.1 Å². The molecule has 0 aliphatic carbocycles. The number of nitrogens with zero attached hydrogens (tertiary/aromatic N) is 2. The molecule has 1 atom stereocenters. The zero-order valence-electron chi connectivity index (χ0n) is 11.0. The number of nitrogens with two attached hydrogens (primary N) is 1. The first-order valence-corrected chi connectivity index (χ1v) is 6.22. The summed E-state index contributed by atoms with van der Waals surface area (Å²) in [7, 11) is 0. The van der Waals surface area contributed by atoms with Crippen LogP contribution in [0.4, 0.5) is 5.69 Å². The Labute approximate surface area is 108 Å². The molecule has 1 unspecified atom stereocenters. The second kappa shape index (κ2) is 5.22. The summed E-state index contributed by atoms with van der Waals surface area (Å²) in [5.74, 6) is 0. The minimum absolute atomic E-state index is 0.0259. The van der Waals surface area contributed by atoms with Gasteiger partial charge in [-0.05, 0) is 25.5 Å². The summed E-state index contributed by atoms with van der Waals surface area (Å²) in [6.07, 6.45) is 3.42. The molecule has 18 heavy (non-hydrogen) atoms. The monoisotopic (exact) mass is 251 g/mol. The van der Waals surface area contributed by atoms with Gasteiger partial charge in [0.25, 0.3) is 0 Å². The van der Waals surface area contributed by atoms with E-state index in [0.717, 1.165) is 17.8 Å². The van der Waals surface area contributed by atoms with Crippen LogP contribution in [0.25, 0.3) is 0 Å². The fraction of sp³-hybridized carbons (Fsp3) is 0.615. The normalized spacial score (nSPS) is 23.1. The van der Waals surface area contributed by atoms with Gasteiger partial charge in [0, 0.05) is 25.8 Å². The number of hydrogen-bond donors (Lipinski definition) is 2. The molecule has 1 aromatic rings. The van der Waals surface area contributed by atoms with Crippen LogP contribution in [0.15, 0.2) is 18.5 Å². The predicted molar refractivity (Wildman–Crippen MR) is 70.4 cm³/mol. The number of aliphatic hydroxyl groups is 1. The van der Waals surface area contributed by atoms with Crippen molar-refractivity contribution in [2.24, 2.45) is 5.73 Å². The van der Waals surface area contributed by atoms with Crippen molar-refractivity contribution in [1.29, 1.82) is 0 Å². The molecule has 3 N–H and O–H groups in total. The number of ether oxygens (including phenoxy) is 1. The third-order valence-corrected chi connectivity index (χ3v) is 3.13. The summed E-state index contributed by atoms with van der Waals surface area (Å²) in [6.45, 7) is 6.00. The highest BCUT2D eigenvalue weighted by Gasteiger charge is 2.33. The topological polar surface area (TPSA) is 71.6 Å². The Bertz CT molecular complexity index is 409. The molecule has 1 aromatic heterocycles. The third kappa shape index (κ3) is 2.80. The van der Waals surface area contributed by atoms with Crippen LogP contribution in [0.3, 0.4) is 0 Å². The molecule has 5 heteroatoms. The van der Waals surface area contributed by atoms with Gasteiger partial charge >= 0.3 is 0 Å². The maximum absolute atomic E-state index is 9.32. The first-order valence-electron chi connectivity index (χ1n) is 6.22. The summed E-state index contributed by atoms with van der Waals surface area (Å²) in [6, 6.07) is 1.94. The van der Waals surface area contributed by atoms with Gasteiger partial charge in [-0.25, -0.2) is 0 Å². The van der Waals surface area contributed by atoms with E-state index in [4.69, 9.17) is 10.5 Å². The lowest BCUT2D eigenvalue weighted by Crippen LogP contribution is -2.54. The van der Waals surface area contributed by atoms with Crippen LogP contribution >= 0.6 is 0 Å². The molecule has 1 saturated heterocycles. The van der Waals surface area contributed by atoms with Crippen LogP contribution in [-0.2, 0) is 11.3 Å². The van der Waals surface area contributed by atoms with E-state index < -0.39 is 0 Å². The van der Waals surface area contributed by atoms with E-state index in [9.17, 15) is 5.11 Å². The van der Waals surface area contributed by atoms with Crippen molar-refractivity contribution in [3.05, 3.63) is 24.0 Å². The maximum atomic E-state index is 9.32. The SMILES string of the molecule is CC1(C)CN(c2cnccc2CN)CC(CO)O1. The average molecular weight is 251 g/mol. The van der Waals surface area contributed by atoms with Crippen LogP contribution < -0.4 is 10.6 Å². The van der Waals surface area contributed by atoms with E-state index in [1.807, 2.05) is 26.1 Å². The van der Waals surface area contributed by atoms with Crippen LogP contribution in [0, 0.1) is 0 Å². The Hall–Kier alpha value is -1.17. The number of morpholine rings is 1. The highest BCUT2D eigenvalue weighted by molar-refractivity contribution is 5.52. The zero-order chi connectivity index (χ0) is 13.2. The summed E-state index contributed by atoms with van der Waals surface area (Å²) >= 11 is 0. The molecule has 0 amide bonds. The van der Waals surface area contributed by atoms with Crippen molar-refractivity contribution < 1.29 is 9.84 Å². The van der Waals surface area contributed by atoms with Gasteiger partial charge in [-0.3, -0.25) is 4.98 Å². The standard InChI is InChI=1S/C13H21N3O2/c1-13(2)9-16(7-11(8-17)18-13)12-6-15-4-3-10(12)5-14/h3-4,6,11,17H,5,7-9,14H2,1-2H3. The molecule has 1 aliphatic heterocycles. The number of aromatic nitrogens is 1. The van der Waals surface area contributed by atoms with E-state index in [1.54, 1.807) is 6.20 Å². The van der Waals surface area contributed by atoms with E-state index in [2.05, 4.69) is 9.88 Å². The van der Waals surface area contributed by atoms with Gasteiger partial charge < -0.3 is 20.5 Å². The molecule has 0 radical (unpaired) electrons. The molecule has 100 valence electrons. The lowest BCUT2D eigenvalue weighted by Gasteiger charge is -2.43. The van der Waals surface area contributed by atoms with Crippen LogP contribution in [-0.4, -0.2) is 41.5 Å². The molecular weight excluding hydrogens is 230 g/mol. The van der Waals surface area contributed by atoms with Crippen LogP contribution in [0.1, 0.15) is 19.4 Å². The summed E-state index contributed by atoms with van der Waals surface area (Å²) < 4.78 is 5.80. The van der Waals surface area contributed by atoms with Gasteiger partial charge in [0.1, 0.15) is 0 Å². The minimum atomic E-state index is -0.284. The minimum Gasteiger partial charge on any atom is -0.394 e. The third-order valence-electron chi connectivity index (χ3n) is 3.13. The van der Waals surface area contributed by atoms with E-state index in [0.29, 0.717) is 13.1 Å². The molecule has 2 rings (SSSR count). The van der Waals surface area contributed by atoms with Crippen molar-refractivity contribution in [3.63, 3.8) is 0 Å². The second-order valence-electron chi connectivity index (χ2n) is 5.27. The lowest BCUT2D eigenvalue weighted by atomic mass is 10.0. The first-order chi connectivity index (χ1) is 8.55. The summed E-state index contributed by atoms with van der Waals surface area (Å²) in [5, 5.41) is 9.32. The lowest BCUT2D eigenvalue weighted by molar-refractivity contribution is -0.101. The Morgan fingerprint density at radius 2 is 2.39 bits per heavy atom. The molecule has 1 fully saturated rings. The molecule has 0 aromatic carbocycles. The number of pyridine rings is 1. The smallest absolute Gasteiger partial charge is 0.0988 e. The van der Waals surface area contributed by atoms with E-state index in [-0.39, 0.29) is 18.3 Å².